The van der Waals surface area contributed by atoms with Crippen LogP contribution in [0.1, 0.15) is 11.1 Å². The third kappa shape index (κ3) is 4.22. The van der Waals surface area contributed by atoms with Crippen LogP contribution in [-0.4, -0.2) is 5.91 Å². The maximum atomic E-state index is 11.2. The van der Waals surface area contributed by atoms with Gasteiger partial charge in [-0.2, -0.15) is 5.26 Å². The lowest BCUT2D eigenvalue weighted by Crippen LogP contribution is -2.06. The molecule has 0 spiro atoms. The van der Waals surface area contributed by atoms with Crippen LogP contribution < -0.4 is 10.1 Å². The fourth-order valence-corrected chi connectivity index (χ4v) is 1.73. The Hall–Kier alpha value is -3.06. The first kappa shape index (κ1) is 14.4. The Kier molecular flexibility index (Phi) is 4.73. The Morgan fingerprint density at radius 3 is 2.71 bits per heavy atom. The second kappa shape index (κ2) is 6.92. The molecule has 0 saturated carbocycles. The van der Waals surface area contributed by atoms with E-state index in [0.717, 1.165) is 5.56 Å². The van der Waals surface area contributed by atoms with Crippen LogP contribution in [0.2, 0.25) is 0 Å². The number of hydrogen-bond acceptors (Lipinski definition) is 3. The highest BCUT2D eigenvalue weighted by atomic mass is 16.5. The fourth-order valence-electron chi connectivity index (χ4n) is 1.73. The molecule has 4 nitrogen and oxygen atoms in total. The molecule has 2 aromatic carbocycles. The fraction of sp³-hybridized carbons (Fsp3) is 0.0588. The molecular weight excluding hydrogens is 264 g/mol. The van der Waals surface area contributed by atoms with Crippen molar-refractivity contribution in [1.82, 2.24) is 0 Å². The molecule has 0 saturated heterocycles. The van der Waals surface area contributed by atoms with Gasteiger partial charge >= 0.3 is 0 Å². The van der Waals surface area contributed by atoms with Crippen LogP contribution in [-0.2, 0) is 11.4 Å². The number of rotatable bonds is 5. The summed E-state index contributed by atoms with van der Waals surface area (Å²) in [6.07, 6.45) is 1.21. The summed E-state index contributed by atoms with van der Waals surface area (Å²) in [4.78, 5) is 11.2. The Morgan fingerprint density at radius 2 is 2.05 bits per heavy atom. The SMILES string of the molecule is C=CC(=O)Nc1ccc(OCc2cccc(C#N)c2)cc1. The van der Waals surface area contributed by atoms with E-state index in [4.69, 9.17) is 10.00 Å². The highest BCUT2D eigenvalue weighted by Gasteiger charge is 2.00. The number of nitriles is 1. The lowest BCUT2D eigenvalue weighted by atomic mass is 10.1. The minimum absolute atomic E-state index is 0.253. The van der Waals surface area contributed by atoms with Crippen molar-refractivity contribution in [2.75, 3.05) is 5.32 Å². The number of nitrogens with one attached hydrogen (secondary N) is 1. The molecule has 0 heterocycles. The van der Waals surface area contributed by atoms with Crippen molar-refractivity contribution in [1.29, 1.82) is 5.26 Å². The molecule has 4 heteroatoms. The quantitative estimate of drug-likeness (QED) is 0.854. The number of benzene rings is 2. The van der Waals surface area contributed by atoms with Gasteiger partial charge in [0.15, 0.2) is 0 Å². The number of hydrogen-bond donors (Lipinski definition) is 1. The van der Waals surface area contributed by atoms with Crippen molar-refractivity contribution < 1.29 is 9.53 Å². The van der Waals surface area contributed by atoms with Gasteiger partial charge in [0, 0.05) is 5.69 Å². The van der Waals surface area contributed by atoms with Crippen LogP contribution >= 0.6 is 0 Å². The summed E-state index contributed by atoms with van der Waals surface area (Å²) in [5.74, 6) is 0.436. The lowest BCUT2D eigenvalue weighted by Gasteiger charge is -2.08. The number of carbonyl (C=O) groups is 1. The van der Waals surface area contributed by atoms with Crippen LogP contribution in [0.25, 0.3) is 0 Å². The Morgan fingerprint density at radius 1 is 1.29 bits per heavy atom. The van der Waals surface area contributed by atoms with Gasteiger partial charge in [0.1, 0.15) is 12.4 Å². The standard InChI is InChI=1S/C17H14N2O2/c1-2-17(20)19-15-6-8-16(9-7-15)21-12-14-5-3-4-13(10-14)11-18/h2-10H,1,12H2,(H,19,20). The number of carbonyl (C=O) groups excluding carboxylic acids is 1. The van der Waals surface area contributed by atoms with E-state index in [0.29, 0.717) is 23.6 Å². The first-order chi connectivity index (χ1) is 10.2. The molecule has 2 aromatic rings. The number of ether oxygens (including phenoxy) is 1. The molecule has 2 rings (SSSR count). The van der Waals surface area contributed by atoms with Crippen molar-refractivity contribution in [3.05, 3.63) is 72.3 Å². The van der Waals surface area contributed by atoms with Crippen molar-refractivity contribution >= 4 is 11.6 Å². The van der Waals surface area contributed by atoms with Crippen LogP contribution in [0.15, 0.2) is 61.2 Å². The van der Waals surface area contributed by atoms with E-state index in [-0.39, 0.29) is 5.91 Å². The summed E-state index contributed by atoms with van der Waals surface area (Å²) in [5, 5.41) is 11.5. The zero-order valence-electron chi connectivity index (χ0n) is 11.4. The number of anilines is 1. The van der Waals surface area contributed by atoms with E-state index < -0.39 is 0 Å². The molecule has 1 N–H and O–H groups in total. The topological polar surface area (TPSA) is 62.1 Å². The summed E-state index contributed by atoms with van der Waals surface area (Å²) in [5.41, 5.74) is 2.22. The van der Waals surface area contributed by atoms with Crippen LogP contribution in [0.3, 0.4) is 0 Å². The van der Waals surface area contributed by atoms with Gasteiger partial charge in [0.2, 0.25) is 5.91 Å². The van der Waals surface area contributed by atoms with Crippen LogP contribution in [0, 0.1) is 11.3 Å². The average molecular weight is 278 g/mol. The second-order valence-electron chi connectivity index (χ2n) is 4.32. The van der Waals surface area contributed by atoms with E-state index in [2.05, 4.69) is 18.0 Å². The van der Waals surface area contributed by atoms with Gasteiger partial charge in [-0.05, 0) is 48.0 Å². The van der Waals surface area contributed by atoms with Crippen molar-refractivity contribution in [2.45, 2.75) is 6.61 Å². The van der Waals surface area contributed by atoms with Gasteiger partial charge in [0.05, 0.1) is 11.6 Å². The molecule has 0 radical (unpaired) electrons. The minimum Gasteiger partial charge on any atom is -0.489 e. The molecular formula is C17H14N2O2. The number of nitrogens with zero attached hydrogens (tertiary/aromatic N) is 1. The predicted molar refractivity (Wildman–Crippen MR) is 80.8 cm³/mol. The van der Waals surface area contributed by atoms with E-state index in [1.807, 2.05) is 12.1 Å². The van der Waals surface area contributed by atoms with Gasteiger partial charge in [-0.3, -0.25) is 4.79 Å². The summed E-state index contributed by atoms with van der Waals surface area (Å²) < 4.78 is 5.64. The molecule has 0 atom stereocenters. The Bertz CT molecular complexity index is 685. The highest BCUT2D eigenvalue weighted by molar-refractivity contribution is 5.98. The van der Waals surface area contributed by atoms with Gasteiger partial charge < -0.3 is 10.1 Å². The minimum atomic E-state index is -0.253. The largest absolute Gasteiger partial charge is 0.489 e. The van der Waals surface area contributed by atoms with Gasteiger partial charge in [-0.1, -0.05) is 18.7 Å². The molecule has 104 valence electrons. The maximum Gasteiger partial charge on any atom is 0.247 e. The van der Waals surface area contributed by atoms with Crippen LogP contribution in [0.5, 0.6) is 5.75 Å². The molecule has 0 bridgehead atoms. The monoisotopic (exact) mass is 278 g/mol. The lowest BCUT2D eigenvalue weighted by molar-refractivity contribution is -0.111. The smallest absolute Gasteiger partial charge is 0.247 e. The molecule has 0 aliphatic heterocycles. The average Bonchev–Trinajstić information content (AvgIpc) is 2.54. The normalized spacial score (nSPS) is 9.48. The maximum absolute atomic E-state index is 11.2. The summed E-state index contributed by atoms with van der Waals surface area (Å²) in [6.45, 7) is 3.77. The molecule has 0 fully saturated rings. The molecule has 1 amide bonds. The second-order valence-corrected chi connectivity index (χ2v) is 4.32. The summed E-state index contributed by atoms with van der Waals surface area (Å²) in [6, 6.07) is 16.4. The highest BCUT2D eigenvalue weighted by Crippen LogP contribution is 2.17. The Labute approximate surface area is 123 Å². The van der Waals surface area contributed by atoms with Crippen molar-refractivity contribution in [2.24, 2.45) is 0 Å². The Balaban J connectivity index is 1.96. The predicted octanol–water partition coefficient (Wildman–Crippen LogP) is 3.26. The first-order valence-corrected chi connectivity index (χ1v) is 6.36. The van der Waals surface area contributed by atoms with Crippen molar-refractivity contribution in [3.8, 4) is 11.8 Å². The zero-order chi connectivity index (χ0) is 15.1. The third-order valence-corrected chi connectivity index (χ3v) is 2.77. The third-order valence-electron chi connectivity index (χ3n) is 2.77. The molecule has 0 aliphatic rings. The van der Waals surface area contributed by atoms with E-state index in [1.165, 1.54) is 6.08 Å². The van der Waals surface area contributed by atoms with Crippen LogP contribution in [0.4, 0.5) is 5.69 Å². The molecule has 0 aliphatic carbocycles. The van der Waals surface area contributed by atoms with Gasteiger partial charge in [0.25, 0.3) is 0 Å². The van der Waals surface area contributed by atoms with Gasteiger partial charge in [-0.15, -0.1) is 0 Å². The summed E-state index contributed by atoms with van der Waals surface area (Å²) in [7, 11) is 0. The van der Waals surface area contributed by atoms with E-state index >= 15 is 0 Å². The molecule has 0 unspecified atom stereocenters. The number of amides is 1. The van der Waals surface area contributed by atoms with E-state index in [1.54, 1.807) is 36.4 Å². The van der Waals surface area contributed by atoms with Gasteiger partial charge in [-0.25, -0.2) is 0 Å². The summed E-state index contributed by atoms with van der Waals surface area (Å²) >= 11 is 0. The molecule has 0 aromatic heterocycles. The first-order valence-electron chi connectivity index (χ1n) is 6.36. The van der Waals surface area contributed by atoms with E-state index in [9.17, 15) is 4.79 Å². The van der Waals surface area contributed by atoms with Crippen molar-refractivity contribution in [3.63, 3.8) is 0 Å². The zero-order valence-corrected chi connectivity index (χ0v) is 11.4. The molecule has 21 heavy (non-hydrogen) atoms.